The second-order valence-electron chi connectivity index (χ2n) is 6.72. The molecule has 2 aliphatic rings. The number of hydrogen-bond donors (Lipinski definition) is 0. The first-order valence-corrected chi connectivity index (χ1v) is 8.68. The summed E-state index contributed by atoms with van der Waals surface area (Å²) < 4.78 is 31.1. The van der Waals surface area contributed by atoms with Crippen LogP contribution in [0.3, 0.4) is 0 Å². The van der Waals surface area contributed by atoms with Gasteiger partial charge in [0.25, 0.3) is 5.88 Å². The first-order valence-electron chi connectivity index (χ1n) is 8.68. The van der Waals surface area contributed by atoms with Crippen molar-refractivity contribution in [3.8, 4) is 5.88 Å². The smallest absolute Gasteiger partial charge is 0.250 e. The molecule has 134 valence electrons. The van der Waals surface area contributed by atoms with Gasteiger partial charge in [0.2, 0.25) is 0 Å². The fourth-order valence-electron chi connectivity index (χ4n) is 3.82. The SMILES string of the molecule is Cc1noc(C)c1CN1C[C@H](Oc2ncccc2F)[C@H]2OCCC[C@H]21. The Kier molecular flexibility index (Phi) is 4.43. The molecule has 2 aromatic rings. The molecule has 0 spiro atoms. The average molecular weight is 347 g/mol. The van der Waals surface area contributed by atoms with E-state index in [1.165, 1.54) is 12.3 Å². The van der Waals surface area contributed by atoms with Crippen molar-refractivity contribution in [2.24, 2.45) is 0 Å². The van der Waals surface area contributed by atoms with Crippen molar-refractivity contribution in [1.29, 1.82) is 0 Å². The monoisotopic (exact) mass is 347 g/mol. The second-order valence-corrected chi connectivity index (χ2v) is 6.72. The number of pyridine rings is 1. The quantitative estimate of drug-likeness (QED) is 0.847. The number of fused-ring (bicyclic) bond motifs is 1. The molecular weight excluding hydrogens is 325 g/mol. The number of halogens is 1. The van der Waals surface area contributed by atoms with Gasteiger partial charge < -0.3 is 14.0 Å². The van der Waals surface area contributed by atoms with E-state index in [0.717, 1.165) is 36.4 Å². The Labute approximate surface area is 145 Å². The normalized spacial score (nSPS) is 26.6. The van der Waals surface area contributed by atoms with Crippen molar-refractivity contribution >= 4 is 0 Å². The third-order valence-electron chi connectivity index (χ3n) is 5.11. The number of likely N-dealkylation sites (tertiary alicyclic amines) is 1. The van der Waals surface area contributed by atoms with E-state index in [1.807, 2.05) is 13.8 Å². The van der Waals surface area contributed by atoms with Gasteiger partial charge >= 0.3 is 0 Å². The van der Waals surface area contributed by atoms with Gasteiger partial charge in [-0.05, 0) is 38.8 Å². The van der Waals surface area contributed by atoms with E-state index in [-0.39, 0.29) is 24.1 Å². The number of aromatic nitrogens is 2. The highest BCUT2D eigenvalue weighted by molar-refractivity contribution is 5.21. The summed E-state index contributed by atoms with van der Waals surface area (Å²) in [5.41, 5.74) is 2.01. The lowest BCUT2D eigenvalue weighted by Crippen LogP contribution is -2.42. The van der Waals surface area contributed by atoms with E-state index in [1.54, 1.807) is 6.07 Å². The summed E-state index contributed by atoms with van der Waals surface area (Å²) in [4.78, 5) is 6.35. The minimum absolute atomic E-state index is 0.0413. The number of hydrogen-bond acceptors (Lipinski definition) is 6. The zero-order chi connectivity index (χ0) is 17.4. The third kappa shape index (κ3) is 3.14. The Morgan fingerprint density at radius 2 is 2.28 bits per heavy atom. The van der Waals surface area contributed by atoms with Crippen molar-refractivity contribution in [2.45, 2.75) is 51.5 Å². The lowest BCUT2D eigenvalue weighted by molar-refractivity contribution is -0.0487. The third-order valence-corrected chi connectivity index (χ3v) is 5.11. The Balaban J connectivity index is 1.54. The van der Waals surface area contributed by atoms with E-state index in [2.05, 4.69) is 15.0 Å². The lowest BCUT2D eigenvalue weighted by atomic mass is 10.0. The van der Waals surface area contributed by atoms with Crippen LogP contribution in [0.25, 0.3) is 0 Å². The van der Waals surface area contributed by atoms with Crippen LogP contribution < -0.4 is 4.74 Å². The van der Waals surface area contributed by atoms with Crippen LogP contribution in [-0.2, 0) is 11.3 Å². The topological polar surface area (TPSA) is 60.6 Å². The maximum atomic E-state index is 13.9. The van der Waals surface area contributed by atoms with E-state index in [9.17, 15) is 4.39 Å². The number of nitrogens with zero attached hydrogens (tertiary/aromatic N) is 3. The van der Waals surface area contributed by atoms with E-state index < -0.39 is 5.82 Å². The van der Waals surface area contributed by atoms with Gasteiger partial charge in [-0.15, -0.1) is 0 Å². The van der Waals surface area contributed by atoms with Crippen molar-refractivity contribution in [3.63, 3.8) is 0 Å². The van der Waals surface area contributed by atoms with E-state index in [4.69, 9.17) is 14.0 Å². The summed E-state index contributed by atoms with van der Waals surface area (Å²) in [6, 6.07) is 3.16. The van der Waals surface area contributed by atoms with Crippen LogP contribution >= 0.6 is 0 Å². The molecule has 0 aliphatic carbocycles. The van der Waals surface area contributed by atoms with Crippen LogP contribution in [0.4, 0.5) is 4.39 Å². The molecular formula is C18H22FN3O3. The minimum atomic E-state index is -0.445. The highest BCUT2D eigenvalue weighted by atomic mass is 19.1. The van der Waals surface area contributed by atoms with Crippen molar-refractivity contribution in [1.82, 2.24) is 15.0 Å². The molecule has 0 amide bonds. The number of aryl methyl sites for hydroxylation is 2. The molecule has 2 aliphatic heterocycles. The number of rotatable bonds is 4. The van der Waals surface area contributed by atoms with Crippen LogP contribution in [0.1, 0.15) is 29.9 Å². The van der Waals surface area contributed by atoms with Crippen LogP contribution in [-0.4, -0.2) is 46.4 Å². The zero-order valence-corrected chi connectivity index (χ0v) is 14.4. The van der Waals surface area contributed by atoms with Gasteiger partial charge in [0.05, 0.1) is 5.69 Å². The summed E-state index contributed by atoms with van der Waals surface area (Å²) in [7, 11) is 0. The zero-order valence-electron chi connectivity index (χ0n) is 14.4. The van der Waals surface area contributed by atoms with Gasteiger partial charge in [-0.3, -0.25) is 4.90 Å². The molecule has 2 aromatic heterocycles. The maximum absolute atomic E-state index is 13.9. The largest absolute Gasteiger partial charge is 0.468 e. The van der Waals surface area contributed by atoms with Gasteiger partial charge in [0.15, 0.2) is 5.82 Å². The summed E-state index contributed by atoms with van der Waals surface area (Å²) in [6.45, 7) is 5.99. The van der Waals surface area contributed by atoms with Gasteiger partial charge in [-0.1, -0.05) is 5.16 Å². The molecule has 0 unspecified atom stereocenters. The van der Waals surface area contributed by atoms with Gasteiger partial charge in [-0.2, -0.15) is 0 Å². The molecule has 0 aromatic carbocycles. The van der Waals surface area contributed by atoms with Crippen LogP contribution in [0.5, 0.6) is 5.88 Å². The molecule has 4 rings (SSSR count). The lowest BCUT2D eigenvalue weighted by Gasteiger charge is -2.32. The van der Waals surface area contributed by atoms with Gasteiger partial charge in [0, 0.05) is 37.5 Å². The molecule has 6 nitrogen and oxygen atoms in total. The minimum Gasteiger partial charge on any atom is -0.468 e. The van der Waals surface area contributed by atoms with Crippen molar-refractivity contribution < 1.29 is 18.4 Å². The summed E-state index contributed by atoms with van der Waals surface area (Å²) in [5, 5.41) is 4.04. The van der Waals surface area contributed by atoms with Crippen molar-refractivity contribution in [3.05, 3.63) is 41.2 Å². The molecule has 3 atom stereocenters. The van der Waals surface area contributed by atoms with Crippen LogP contribution in [0.2, 0.25) is 0 Å². The first-order chi connectivity index (χ1) is 12.1. The second kappa shape index (κ2) is 6.72. The Hall–Kier alpha value is -1.99. The van der Waals surface area contributed by atoms with Crippen molar-refractivity contribution in [2.75, 3.05) is 13.2 Å². The molecule has 25 heavy (non-hydrogen) atoms. The summed E-state index contributed by atoms with van der Waals surface area (Å²) in [6.07, 6.45) is 3.28. The highest BCUT2D eigenvalue weighted by Gasteiger charge is 2.46. The fourth-order valence-corrected chi connectivity index (χ4v) is 3.82. The Bertz CT molecular complexity index is 731. The summed E-state index contributed by atoms with van der Waals surface area (Å²) in [5.74, 6) is 0.435. The van der Waals surface area contributed by atoms with E-state index >= 15 is 0 Å². The Morgan fingerprint density at radius 1 is 1.40 bits per heavy atom. The molecule has 0 bridgehead atoms. The molecule has 2 saturated heterocycles. The molecule has 7 heteroatoms. The highest BCUT2D eigenvalue weighted by Crippen LogP contribution is 2.33. The average Bonchev–Trinajstić information content (AvgIpc) is 3.12. The number of ether oxygens (including phenoxy) is 2. The van der Waals surface area contributed by atoms with Gasteiger partial charge in [0.1, 0.15) is 18.0 Å². The Morgan fingerprint density at radius 3 is 3.04 bits per heavy atom. The molecule has 4 heterocycles. The maximum Gasteiger partial charge on any atom is 0.250 e. The molecule has 2 fully saturated rings. The first kappa shape index (κ1) is 16.5. The fraction of sp³-hybridized carbons (Fsp3) is 0.556. The van der Waals surface area contributed by atoms with Crippen LogP contribution in [0, 0.1) is 19.7 Å². The predicted molar refractivity (Wildman–Crippen MR) is 87.8 cm³/mol. The van der Waals surface area contributed by atoms with Gasteiger partial charge in [-0.25, -0.2) is 9.37 Å². The van der Waals surface area contributed by atoms with Crippen LogP contribution in [0.15, 0.2) is 22.9 Å². The predicted octanol–water partition coefficient (Wildman–Crippen LogP) is 2.64. The standard InChI is InChI=1S/C18H22FN3O3/c1-11-13(12(2)25-21-11)9-22-10-16(17-15(22)6-4-8-23-17)24-18-14(19)5-3-7-20-18/h3,5,7,15-17H,4,6,8-10H2,1-2H3/t15-,16+,17+/m1/s1. The molecule has 0 saturated carbocycles. The summed E-state index contributed by atoms with van der Waals surface area (Å²) >= 11 is 0. The van der Waals surface area contributed by atoms with E-state index in [0.29, 0.717) is 13.2 Å². The molecule has 0 radical (unpaired) electrons. The molecule has 0 N–H and O–H groups in total.